The summed E-state index contributed by atoms with van der Waals surface area (Å²) in [4.78, 5) is 37.3. The highest BCUT2D eigenvalue weighted by molar-refractivity contribution is 5.90. The predicted octanol–water partition coefficient (Wildman–Crippen LogP) is 2.88. The molecule has 1 atom stereocenters. The van der Waals surface area contributed by atoms with Gasteiger partial charge in [0.1, 0.15) is 12.4 Å². The minimum Gasteiger partial charge on any atom is -0.461 e. The molecule has 0 N–H and O–H groups in total. The van der Waals surface area contributed by atoms with Crippen LogP contribution in [0.25, 0.3) is 0 Å². The molecule has 5 nitrogen and oxygen atoms in total. The molecule has 0 aliphatic carbocycles. The normalized spacial score (nSPS) is 16.4. The Morgan fingerprint density at radius 1 is 1.04 bits per heavy atom. The van der Waals surface area contributed by atoms with Crippen LogP contribution in [-0.2, 0) is 32.1 Å². The maximum absolute atomic E-state index is 12.4. The fourth-order valence-electron chi connectivity index (χ4n) is 3.30. The van der Waals surface area contributed by atoms with Crippen molar-refractivity contribution in [3.05, 3.63) is 71.3 Å². The van der Waals surface area contributed by atoms with E-state index in [2.05, 4.69) is 0 Å². The van der Waals surface area contributed by atoms with Crippen LogP contribution in [0.4, 0.5) is 0 Å². The van der Waals surface area contributed by atoms with Crippen LogP contribution in [0.15, 0.2) is 54.6 Å². The molecule has 0 spiro atoms. The molecule has 1 aliphatic rings. The minimum absolute atomic E-state index is 0.000204. The Morgan fingerprint density at radius 2 is 1.74 bits per heavy atom. The first-order valence-corrected chi connectivity index (χ1v) is 9.09. The monoisotopic (exact) mass is 365 g/mol. The van der Waals surface area contributed by atoms with Gasteiger partial charge in [-0.2, -0.15) is 0 Å². The topological polar surface area (TPSA) is 63.7 Å². The SMILES string of the molecule is CC(=O)CN1CCC(c2ccc(CC(=O)OCc3ccccc3)cc2)C1=O. The fourth-order valence-corrected chi connectivity index (χ4v) is 3.30. The molecule has 2 aromatic rings. The second-order valence-corrected chi connectivity index (χ2v) is 6.87. The lowest BCUT2D eigenvalue weighted by atomic mass is 9.96. The number of hydrogen-bond donors (Lipinski definition) is 0. The summed E-state index contributed by atoms with van der Waals surface area (Å²) in [6.07, 6.45) is 0.909. The molecule has 0 saturated carbocycles. The third kappa shape index (κ3) is 5.03. The van der Waals surface area contributed by atoms with Gasteiger partial charge in [-0.15, -0.1) is 0 Å². The van der Waals surface area contributed by atoms with Crippen molar-refractivity contribution in [2.24, 2.45) is 0 Å². The van der Waals surface area contributed by atoms with Gasteiger partial charge in [0, 0.05) is 6.54 Å². The molecule has 1 amide bonds. The smallest absolute Gasteiger partial charge is 0.310 e. The van der Waals surface area contributed by atoms with Crippen LogP contribution in [0.2, 0.25) is 0 Å². The van der Waals surface area contributed by atoms with Crippen molar-refractivity contribution in [1.82, 2.24) is 4.90 Å². The number of nitrogens with zero attached hydrogens (tertiary/aromatic N) is 1. The minimum atomic E-state index is -0.281. The van der Waals surface area contributed by atoms with Crippen molar-refractivity contribution in [2.75, 3.05) is 13.1 Å². The first-order chi connectivity index (χ1) is 13.0. The highest BCUT2D eigenvalue weighted by atomic mass is 16.5. The zero-order valence-electron chi connectivity index (χ0n) is 15.4. The molecule has 1 unspecified atom stereocenters. The number of hydrogen-bond acceptors (Lipinski definition) is 4. The first-order valence-electron chi connectivity index (χ1n) is 9.09. The zero-order chi connectivity index (χ0) is 19.2. The molecule has 140 valence electrons. The predicted molar refractivity (Wildman–Crippen MR) is 101 cm³/mol. The van der Waals surface area contributed by atoms with Gasteiger partial charge in [-0.05, 0) is 30.0 Å². The summed E-state index contributed by atoms with van der Waals surface area (Å²) in [6.45, 7) is 2.55. The van der Waals surface area contributed by atoms with E-state index in [1.54, 1.807) is 4.90 Å². The average Bonchev–Trinajstić information content (AvgIpc) is 3.01. The summed E-state index contributed by atoms with van der Waals surface area (Å²) in [6, 6.07) is 17.1. The van der Waals surface area contributed by atoms with Crippen molar-refractivity contribution in [1.29, 1.82) is 0 Å². The summed E-state index contributed by atoms with van der Waals surface area (Å²) < 4.78 is 5.30. The van der Waals surface area contributed by atoms with E-state index in [1.165, 1.54) is 6.92 Å². The van der Waals surface area contributed by atoms with Crippen LogP contribution >= 0.6 is 0 Å². The first kappa shape index (κ1) is 18.8. The van der Waals surface area contributed by atoms with Crippen LogP contribution in [0.3, 0.4) is 0 Å². The number of benzene rings is 2. The number of carbonyl (C=O) groups excluding carboxylic acids is 3. The third-order valence-electron chi connectivity index (χ3n) is 4.68. The zero-order valence-corrected chi connectivity index (χ0v) is 15.4. The molecule has 27 heavy (non-hydrogen) atoms. The Morgan fingerprint density at radius 3 is 2.41 bits per heavy atom. The van der Waals surface area contributed by atoms with E-state index >= 15 is 0 Å². The van der Waals surface area contributed by atoms with Gasteiger partial charge in [0.15, 0.2) is 0 Å². The molecule has 1 aliphatic heterocycles. The molecule has 1 fully saturated rings. The molecule has 0 radical (unpaired) electrons. The van der Waals surface area contributed by atoms with Gasteiger partial charge in [0.2, 0.25) is 5.91 Å². The summed E-state index contributed by atoms with van der Waals surface area (Å²) in [5, 5.41) is 0. The Bertz CT molecular complexity index is 814. The molecule has 3 rings (SSSR count). The molecule has 0 bridgehead atoms. The molecule has 1 heterocycles. The van der Waals surface area contributed by atoms with E-state index in [0.29, 0.717) is 13.0 Å². The summed E-state index contributed by atoms with van der Waals surface area (Å²) in [5.74, 6) is -0.492. The highest BCUT2D eigenvalue weighted by Gasteiger charge is 2.33. The molecule has 1 saturated heterocycles. The number of esters is 1. The summed E-state index contributed by atoms with van der Waals surface area (Å²) >= 11 is 0. The van der Waals surface area contributed by atoms with Crippen molar-refractivity contribution >= 4 is 17.7 Å². The Kier molecular flexibility index (Phi) is 6.01. The number of carbonyl (C=O) groups is 3. The van der Waals surface area contributed by atoms with E-state index in [1.807, 2.05) is 54.6 Å². The Hall–Kier alpha value is -2.95. The number of amides is 1. The van der Waals surface area contributed by atoms with Gasteiger partial charge in [-0.3, -0.25) is 14.4 Å². The number of ether oxygens (including phenoxy) is 1. The van der Waals surface area contributed by atoms with Gasteiger partial charge in [0.25, 0.3) is 0 Å². The molecule has 0 aromatic heterocycles. The van der Waals surface area contributed by atoms with Gasteiger partial charge in [-0.25, -0.2) is 0 Å². The number of ketones is 1. The number of likely N-dealkylation sites (tertiary alicyclic amines) is 1. The molecular weight excluding hydrogens is 342 g/mol. The van der Waals surface area contributed by atoms with Gasteiger partial charge >= 0.3 is 5.97 Å². The fraction of sp³-hybridized carbons (Fsp3) is 0.318. The molecule has 2 aromatic carbocycles. The van der Waals surface area contributed by atoms with Crippen molar-refractivity contribution in [3.8, 4) is 0 Å². The van der Waals surface area contributed by atoms with Crippen LogP contribution in [0, 0.1) is 0 Å². The third-order valence-corrected chi connectivity index (χ3v) is 4.68. The Labute approximate surface area is 158 Å². The lowest BCUT2D eigenvalue weighted by Crippen LogP contribution is -2.31. The quantitative estimate of drug-likeness (QED) is 0.708. The number of Topliss-reactive ketones (excluding diaryl/α,β-unsaturated/α-hetero) is 1. The van der Waals surface area contributed by atoms with Gasteiger partial charge in [0.05, 0.1) is 18.9 Å². The second kappa shape index (κ2) is 8.62. The second-order valence-electron chi connectivity index (χ2n) is 6.87. The van der Waals surface area contributed by atoms with Crippen LogP contribution in [0.1, 0.15) is 36.0 Å². The standard InChI is InChI=1S/C22H23NO4/c1-16(24)14-23-12-11-20(22(23)26)19-9-7-17(8-10-19)13-21(25)27-15-18-5-3-2-4-6-18/h2-10,20H,11-15H2,1H3. The Balaban J connectivity index is 1.53. The van der Waals surface area contributed by atoms with Crippen molar-refractivity contribution < 1.29 is 19.1 Å². The van der Waals surface area contributed by atoms with E-state index in [4.69, 9.17) is 4.74 Å². The number of rotatable bonds is 7. The van der Waals surface area contributed by atoms with E-state index in [9.17, 15) is 14.4 Å². The highest BCUT2D eigenvalue weighted by Crippen LogP contribution is 2.28. The maximum atomic E-state index is 12.4. The van der Waals surface area contributed by atoms with Crippen LogP contribution in [0.5, 0.6) is 0 Å². The van der Waals surface area contributed by atoms with Crippen molar-refractivity contribution in [2.45, 2.75) is 32.3 Å². The van der Waals surface area contributed by atoms with Gasteiger partial charge in [-0.1, -0.05) is 54.6 Å². The molecule has 5 heteroatoms. The van der Waals surface area contributed by atoms with Gasteiger partial charge < -0.3 is 9.64 Å². The lowest BCUT2D eigenvalue weighted by molar-refractivity contribution is -0.144. The average molecular weight is 365 g/mol. The maximum Gasteiger partial charge on any atom is 0.310 e. The van der Waals surface area contributed by atoms with Crippen molar-refractivity contribution in [3.63, 3.8) is 0 Å². The summed E-state index contributed by atoms with van der Waals surface area (Å²) in [7, 11) is 0. The lowest BCUT2D eigenvalue weighted by Gasteiger charge is -2.15. The largest absolute Gasteiger partial charge is 0.461 e. The van der Waals surface area contributed by atoms with Crippen LogP contribution < -0.4 is 0 Å². The van der Waals surface area contributed by atoms with Crippen LogP contribution in [-0.4, -0.2) is 35.6 Å². The molecular formula is C22H23NO4. The van der Waals surface area contributed by atoms with E-state index in [0.717, 1.165) is 16.7 Å². The summed E-state index contributed by atoms with van der Waals surface area (Å²) in [5.41, 5.74) is 2.73. The van der Waals surface area contributed by atoms with E-state index < -0.39 is 0 Å². The van der Waals surface area contributed by atoms with E-state index in [-0.39, 0.29) is 43.2 Å².